The highest BCUT2D eigenvalue weighted by molar-refractivity contribution is 6.10. The van der Waals surface area contributed by atoms with Gasteiger partial charge in [0.15, 0.2) is 11.1 Å². The van der Waals surface area contributed by atoms with E-state index >= 15 is 0 Å². The first kappa shape index (κ1) is 38.7. The third kappa shape index (κ3) is 8.58. The van der Waals surface area contributed by atoms with Crippen molar-refractivity contribution in [2.75, 3.05) is 7.11 Å². The molecule has 0 spiro atoms. The highest BCUT2D eigenvalue weighted by atomic mass is 19.4. The average molecular weight is 742 g/mol. The number of likely N-dealkylation sites (tertiary alicyclic amines) is 1. The molecule has 53 heavy (non-hydrogen) atoms. The number of imide groups is 1. The molecule has 4 aromatic rings. The number of hydrogen-bond donors (Lipinski definition) is 1. The minimum absolute atomic E-state index is 0.00989. The lowest BCUT2D eigenvalue weighted by atomic mass is 9.79. The van der Waals surface area contributed by atoms with Gasteiger partial charge in [-0.2, -0.15) is 18.3 Å². The Morgan fingerprint density at radius 1 is 1.04 bits per heavy atom. The van der Waals surface area contributed by atoms with Crippen molar-refractivity contribution in [1.82, 2.24) is 24.8 Å². The van der Waals surface area contributed by atoms with Gasteiger partial charge >= 0.3 is 24.3 Å². The molecule has 2 aromatic heterocycles. The summed E-state index contributed by atoms with van der Waals surface area (Å²) in [5.74, 6) is -3.56. The number of imidazole rings is 1. The zero-order valence-electron chi connectivity index (χ0n) is 29.6. The van der Waals surface area contributed by atoms with E-state index in [4.69, 9.17) is 14.2 Å². The van der Waals surface area contributed by atoms with E-state index in [-0.39, 0.29) is 22.7 Å². The number of alkyl halides is 3. The maximum Gasteiger partial charge on any atom is 0.417 e. The van der Waals surface area contributed by atoms with Crippen LogP contribution in [0.15, 0.2) is 73.1 Å². The Bertz CT molecular complexity index is 1960. The first-order chi connectivity index (χ1) is 25.0. The number of ether oxygens (including phenoxy) is 3. The number of halogens is 4. The van der Waals surface area contributed by atoms with E-state index in [0.29, 0.717) is 17.7 Å². The first-order valence-electron chi connectivity index (χ1n) is 16.7. The molecule has 3 heterocycles. The normalized spacial score (nSPS) is 18.8. The smallest absolute Gasteiger partial charge is 0.417 e. The van der Waals surface area contributed by atoms with Crippen LogP contribution in [-0.2, 0) is 36.8 Å². The minimum atomic E-state index is -5.09. The van der Waals surface area contributed by atoms with Gasteiger partial charge in [0.05, 0.1) is 31.2 Å². The second kappa shape index (κ2) is 15.2. The molecule has 1 aliphatic rings. The first-order valence-corrected chi connectivity index (χ1v) is 16.7. The van der Waals surface area contributed by atoms with Gasteiger partial charge in [0, 0.05) is 12.3 Å². The number of rotatable bonds is 10. The predicted molar refractivity (Wildman–Crippen MR) is 181 cm³/mol. The zero-order chi connectivity index (χ0) is 38.7. The number of hydrogen-bond acceptors (Lipinski definition) is 9. The third-order valence-corrected chi connectivity index (χ3v) is 8.87. The summed E-state index contributed by atoms with van der Waals surface area (Å²) in [5.41, 5.74) is -1.62. The molecule has 2 aromatic carbocycles. The van der Waals surface area contributed by atoms with Gasteiger partial charge in [0.1, 0.15) is 24.1 Å². The number of carbonyl (C=O) groups is 4. The third-order valence-electron chi connectivity index (χ3n) is 8.87. The van der Waals surface area contributed by atoms with E-state index < -0.39 is 77.9 Å². The molecule has 16 heteroatoms. The quantitative estimate of drug-likeness (QED) is 0.0802. The maximum atomic E-state index is 14.3. The highest BCUT2D eigenvalue weighted by Gasteiger charge is 2.66. The van der Waals surface area contributed by atoms with Crippen LogP contribution in [0.1, 0.15) is 74.9 Å². The molecule has 1 N–H and O–H groups in total. The van der Waals surface area contributed by atoms with E-state index in [1.165, 1.54) is 55.9 Å². The number of nitrogens with one attached hydrogen (secondary N) is 1. The SMILES string of the molecule is CC[C@@H](c1ccc(F)cc1)[C@H](NC(=O)OCc1ccccc1)c1cn2ncc(CC3(C(=O)OC)C[C@@H](C(F)(F)F)N(C(=O)OC(C)(C)C)C3=O)cc2n1. The number of esters is 1. The predicted octanol–water partition coefficient (Wildman–Crippen LogP) is 6.83. The number of nitrogens with zero attached hydrogens (tertiary/aromatic N) is 4. The van der Waals surface area contributed by atoms with Crippen LogP contribution in [0, 0.1) is 11.2 Å². The van der Waals surface area contributed by atoms with Gasteiger partial charge < -0.3 is 19.5 Å². The summed E-state index contributed by atoms with van der Waals surface area (Å²) in [5, 5.41) is 7.20. The summed E-state index contributed by atoms with van der Waals surface area (Å²) < 4.78 is 73.7. The molecule has 0 bridgehead atoms. The number of methoxy groups -OCH3 is 1. The second-order valence-corrected chi connectivity index (χ2v) is 13.7. The number of carbonyl (C=O) groups excluding carboxylic acids is 4. The molecular formula is C37H39F4N5O7. The summed E-state index contributed by atoms with van der Waals surface area (Å²) in [6.45, 7) is 6.15. The molecule has 1 unspecified atom stereocenters. The van der Waals surface area contributed by atoms with Gasteiger partial charge in [-0.15, -0.1) is 0 Å². The van der Waals surface area contributed by atoms with E-state index in [9.17, 15) is 36.7 Å². The van der Waals surface area contributed by atoms with Crippen molar-refractivity contribution >= 4 is 29.7 Å². The van der Waals surface area contributed by atoms with Gasteiger partial charge in [-0.25, -0.2) is 28.4 Å². The van der Waals surface area contributed by atoms with Gasteiger partial charge in [0.25, 0.3) is 0 Å². The lowest BCUT2D eigenvalue weighted by Crippen LogP contribution is -2.50. The molecule has 1 aliphatic heterocycles. The molecule has 1 fully saturated rings. The molecule has 1 saturated heterocycles. The summed E-state index contributed by atoms with van der Waals surface area (Å²) >= 11 is 0. The summed E-state index contributed by atoms with van der Waals surface area (Å²) in [6, 6.07) is 12.8. The molecule has 0 aliphatic carbocycles. The Morgan fingerprint density at radius 2 is 1.72 bits per heavy atom. The molecule has 12 nitrogen and oxygen atoms in total. The van der Waals surface area contributed by atoms with E-state index in [1.54, 1.807) is 36.4 Å². The van der Waals surface area contributed by atoms with Crippen LogP contribution >= 0.6 is 0 Å². The van der Waals surface area contributed by atoms with Crippen LogP contribution in [0.25, 0.3) is 5.65 Å². The van der Waals surface area contributed by atoms with Crippen molar-refractivity contribution in [3.05, 3.63) is 101 Å². The van der Waals surface area contributed by atoms with Crippen molar-refractivity contribution in [2.45, 2.75) is 83.3 Å². The van der Waals surface area contributed by atoms with Gasteiger partial charge in [-0.05, 0) is 68.5 Å². The molecule has 4 atom stereocenters. The Kier molecular flexibility index (Phi) is 11.1. The van der Waals surface area contributed by atoms with Crippen LogP contribution in [0.5, 0.6) is 0 Å². The maximum absolute atomic E-state index is 14.3. The van der Waals surface area contributed by atoms with Crippen molar-refractivity contribution in [2.24, 2.45) is 5.41 Å². The zero-order valence-corrected chi connectivity index (χ0v) is 29.6. The number of amides is 3. The Morgan fingerprint density at radius 3 is 2.32 bits per heavy atom. The lowest BCUT2D eigenvalue weighted by Gasteiger charge is -2.28. The number of fused-ring (bicyclic) bond motifs is 1. The molecule has 282 valence electrons. The summed E-state index contributed by atoms with van der Waals surface area (Å²) in [7, 11) is 0.932. The van der Waals surface area contributed by atoms with Crippen LogP contribution in [0.2, 0.25) is 0 Å². The van der Waals surface area contributed by atoms with Gasteiger partial charge in [-0.3, -0.25) is 9.59 Å². The Hall–Kier alpha value is -5.54. The molecular weight excluding hydrogens is 702 g/mol. The molecule has 5 rings (SSSR count). The van der Waals surface area contributed by atoms with Crippen LogP contribution in [0.3, 0.4) is 0 Å². The Balaban J connectivity index is 1.49. The van der Waals surface area contributed by atoms with Crippen molar-refractivity contribution in [3.63, 3.8) is 0 Å². The summed E-state index contributed by atoms with van der Waals surface area (Å²) in [6.07, 6.45) is -5.85. The van der Waals surface area contributed by atoms with Crippen molar-refractivity contribution < 1.29 is 51.0 Å². The second-order valence-electron chi connectivity index (χ2n) is 13.7. The highest BCUT2D eigenvalue weighted by Crippen LogP contribution is 2.46. The molecule has 0 saturated carbocycles. The van der Waals surface area contributed by atoms with Crippen molar-refractivity contribution in [3.8, 4) is 0 Å². The van der Waals surface area contributed by atoms with Crippen molar-refractivity contribution in [1.29, 1.82) is 0 Å². The summed E-state index contributed by atoms with van der Waals surface area (Å²) in [4.78, 5) is 57.7. The molecule has 3 amide bonds. The fourth-order valence-electron chi connectivity index (χ4n) is 6.43. The number of alkyl carbamates (subject to hydrolysis) is 1. The lowest BCUT2D eigenvalue weighted by molar-refractivity contribution is -0.177. The van der Waals surface area contributed by atoms with E-state index in [1.807, 2.05) is 13.0 Å². The van der Waals surface area contributed by atoms with Gasteiger partial charge in [-0.1, -0.05) is 49.4 Å². The topological polar surface area (TPSA) is 141 Å². The van der Waals surface area contributed by atoms with Crippen LogP contribution in [0.4, 0.5) is 27.2 Å². The van der Waals surface area contributed by atoms with Crippen LogP contribution < -0.4 is 5.32 Å². The monoisotopic (exact) mass is 741 g/mol. The largest absolute Gasteiger partial charge is 0.468 e. The van der Waals surface area contributed by atoms with E-state index in [0.717, 1.165) is 12.7 Å². The fraction of sp³-hybridized carbons (Fsp3) is 0.405. The standard InChI is InChI=1S/C37H39F4N5O7/c1-6-26(24-12-14-25(38)15-13-24)30(44-33(49)52-21-22-10-8-7-9-11-22)27-20-45-29(43-27)16-23(19-42-45)17-36(32(48)51-5)18-28(37(39,40)41)46(31(36)47)34(50)53-35(2,3)4/h7-16,19-20,26,28,30H,6,17-18,21H2,1-5H3,(H,44,49)/t26-,28-,30-,36?/m0/s1. The van der Waals surface area contributed by atoms with Gasteiger partial charge in [0.2, 0.25) is 5.91 Å². The number of benzene rings is 2. The fourth-order valence-corrected chi connectivity index (χ4v) is 6.43. The molecule has 0 radical (unpaired) electrons. The minimum Gasteiger partial charge on any atom is -0.468 e. The van der Waals surface area contributed by atoms with E-state index in [2.05, 4.69) is 15.4 Å². The number of aromatic nitrogens is 3. The average Bonchev–Trinajstić information content (AvgIpc) is 3.66. The van der Waals surface area contributed by atoms with Crippen LogP contribution in [-0.4, -0.2) is 68.5 Å². The Labute approximate surface area is 302 Å².